The third-order valence-corrected chi connectivity index (χ3v) is 5.34. The maximum atomic E-state index is 12.5. The van der Waals surface area contributed by atoms with E-state index >= 15 is 0 Å². The summed E-state index contributed by atoms with van der Waals surface area (Å²) in [5, 5.41) is 6.86. The van der Waals surface area contributed by atoms with Crippen LogP contribution >= 0.6 is 11.6 Å². The molecule has 1 atom stereocenters. The molecule has 1 aliphatic carbocycles. The Hall–Kier alpha value is -3.13. The number of halogens is 2. The van der Waals surface area contributed by atoms with Crippen molar-refractivity contribution in [1.82, 2.24) is 19.3 Å². The molecular weight excluding hydrogens is 407 g/mol. The first-order chi connectivity index (χ1) is 14.3. The van der Waals surface area contributed by atoms with Crippen LogP contribution in [0.25, 0.3) is 5.57 Å². The van der Waals surface area contributed by atoms with E-state index in [1.54, 1.807) is 4.68 Å². The number of aromatic nitrogens is 4. The Balaban J connectivity index is 0.000000199. The highest BCUT2D eigenvalue weighted by molar-refractivity contribution is 6.31. The molecule has 0 aliphatic heterocycles. The highest BCUT2D eigenvalue weighted by Crippen LogP contribution is 2.39. The minimum absolute atomic E-state index is 0.00292. The van der Waals surface area contributed by atoms with Crippen molar-refractivity contribution < 1.29 is 9.18 Å². The fourth-order valence-electron chi connectivity index (χ4n) is 3.38. The largest absolute Gasteiger partial charge is 0.384 e. The maximum absolute atomic E-state index is 12.5. The van der Waals surface area contributed by atoms with Crippen LogP contribution in [-0.4, -0.2) is 25.7 Å². The lowest BCUT2D eigenvalue weighted by molar-refractivity contribution is -0.105. The molecule has 1 amide bonds. The van der Waals surface area contributed by atoms with Crippen LogP contribution < -0.4 is 11.1 Å². The van der Waals surface area contributed by atoms with Crippen LogP contribution in [0, 0.1) is 12.7 Å². The fourth-order valence-corrected chi connectivity index (χ4v) is 3.56. The summed E-state index contributed by atoms with van der Waals surface area (Å²) in [5.74, 6) is 0.721. The molecule has 1 aliphatic rings. The number of hydrogen-bond acceptors (Lipinski definition) is 4. The number of rotatable bonds is 4. The number of nitrogen functional groups attached to an aromatic ring is 1. The number of nitrogens with one attached hydrogen (secondary N) is 1. The summed E-state index contributed by atoms with van der Waals surface area (Å²) in [6, 6.07) is 3.95. The Bertz CT molecular complexity index is 1090. The molecule has 2 aromatic heterocycles. The van der Waals surface area contributed by atoms with E-state index in [2.05, 4.69) is 27.7 Å². The van der Waals surface area contributed by atoms with Crippen molar-refractivity contribution in [3.8, 4) is 0 Å². The smallest absolute Gasteiger partial charge is 0.211 e. The van der Waals surface area contributed by atoms with Gasteiger partial charge in [-0.25, -0.2) is 9.37 Å². The van der Waals surface area contributed by atoms with Crippen LogP contribution in [-0.2, 0) is 18.9 Å². The van der Waals surface area contributed by atoms with Gasteiger partial charge in [-0.05, 0) is 43.5 Å². The van der Waals surface area contributed by atoms with E-state index in [-0.39, 0.29) is 5.02 Å². The van der Waals surface area contributed by atoms with E-state index in [1.165, 1.54) is 23.8 Å². The number of anilines is 2. The standard InChI is InChI=1S/C14H19N5.C7H5ClFNO/c1-9-13(17-19(3)14(9)15)11-5-4-10(6-11)12-7-18(2)8-16-12;8-6-3-5(10-4-11)1-2-7(6)9/h5,7-8,10H,4,6,15H2,1-3H3;1-4H,(H,10,11). The number of aryl methyl sites for hydroxylation is 2. The lowest BCUT2D eigenvalue weighted by Gasteiger charge is -2.06. The van der Waals surface area contributed by atoms with Gasteiger partial charge in [0.25, 0.3) is 0 Å². The van der Waals surface area contributed by atoms with Gasteiger partial charge >= 0.3 is 0 Å². The average molecular weight is 431 g/mol. The van der Waals surface area contributed by atoms with Gasteiger partial charge in [0.05, 0.1) is 22.7 Å². The number of nitrogens with two attached hydrogens (primary N) is 1. The molecule has 1 aromatic carbocycles. The minimum atomic E-state index is -0.497. The topological polar surface area (TPSA) is 90.8 Å². The monoisotopic (exact) mass is 430 g/mol. The van der Waals surface area contributed by atoms with E-state index < -0.39 is 5.82 Å². The zero-order chi connectivity index (χ0) is 21.8. The molecule has 0 radical (unpaired) electrons. The molecule has 3 aromatic rings. The molecule has 7 nitrogen and oxygen atoms in total. The quantitative estimate of drug-likeness (QED) is 0.611. The third-order valence-electron chi connectivity index (χ3n) is 5.05. The van der Waals surface area contributed by atoms with Gasteiger partial charge in [-0.3, -0.25) is 9.48 Å². The van der Waals surface area contributed by atoms with Crippen molar-refractivity contribution >= 4 is 35.1 Å². The van der Waals surface area contributed by atoms with Crippen molar-refractivity contribution in [3.63, 3.8) is 0 Å². The highest BCUT2D eigenvalue weighted by Gasteiger charge is 2.24. The van der Waals surface area contributed by atoms with E-state index in [0.717, 1.165) is 35.6 Å². The summed E-state index contributed by atoms with van der Waals surface area (Å²) in [4.78, 5) is 14.4. The Kier molecular flexibility index (Phi) is 6.56. The molecule has 0 fully saturated rings. The van der Waals surface area contributed by atoms with Crippen molar-refractivity contribution in [2.24, 2.45) is 14.1 Å². The summed E-state index contributed by atoms with van der Waals surface area (Å²) in [7, 11) is 3.89. The molecule has 30 heavy (non-hydrogen) atoms. The van der Waals surface area contributed by atoms with E-state index in [9.17, 15) is 9.18 Å². The highest BCUT2D eigenvalue weighted by atomic mass is 35.5. The number of allylic oxidation sites excluding steroid dienone is 2. The maximum Gasteiger partial charge on any atom is 0.211 e. The summed E-state index contributed by atoms with van der Waals surface area (Å²) in [6.45, 7) is 2.03. The molecular formula is C21H24ClFN6O. The molecule has 0 spiro atoms. The van der Waals surface area contributed by atoms with Gasteiger partial charge in [0.2, 0.25) is 6.41 Å². The molecule has 0 bridgehead atoms. The predicted molar refractivity (Wildman–Crippen MR) is 117 cm³/mol. The van der Waals surface area contributed by atoms with Gasteiger partial charge in [0.1, 0.15) is 11.6 Å². The van der Waals surface area contributed by atoms with E-state index in [0.29, 0.717) is 18.0 Å². The number of nitrogens with zero attached hydrogens (tertiary/aromatic N) is 4. The minimum Gasteiger partial charge on any atom is -0.384 e. The summed E-state index contributed by atoms with van der Waals surface area (Å²) < 4.78 is 16.2. The molecule has 3 N–H and O–H groups in total. The Labute approximate surface area is 179 Å². The number of carbonyl (C=O) groups is 1. The van der Waals surface area contributed by atoms with Crippen LogP contribution in [0.3, 0.4) is 0 Å². The van der Waals surface area contributed by atoms with Crippen molar-refractivity contribution in [1.29, 1.82) is 0 Å². The summed E-state index contributed by atoms with van der Waals surface area (Å²) in [5.41, 5.74) is 11.0. The average Bonchev–Trinajstić information content (AvgIpc) is 3.42. The number of amides is 1. The fraction of sp³-hybridized carbons (Fsp3) is 0.286. The van der Waals surface area contributed by atoms with E-state index in [1.807, 2.05) is 31.9 Å². The van der Waals surface area contributed by atoms with Crippen LogP contribution in [0.2, 0.25) is 5.02 Å². The normalized spacial score (nSPS) is 15.4. The summed E-state index contributed by atoms with van der Waals surface area (Å²) in [6.07, 6.45) is 8.76. The number of benzene rings is 1. The lowest BCUT2D eigenvalue weighted by atomic mass is 10.00. The lowest BCUT2D eigenvalue weighted by Crippen LogP contribution is -1.97. The van der Waals surface area contributed by atoms with Gasteiger partial charge in [0.15, 0.2) is 0 Å². The molecule has 4 rings (SSSR count). The molecule has 0 saturated carbocycles. The van der Waals surface area contributed by atoms with Gasteiger partial charge in [0, 0.05) is 37.5 Å². The second-order valence-corrected chi connectivity index (χ2v) is 7.61. The van der Waals surface area contributed by atoms with Gasteiger partial charge < -0.3 is 15.6 Å². The number of imidazole rings is 1. The first-order valence-corrected chi connectivity index (χ1v) is 9.79. The molecule has 9 heteroatoms. The van der Waals surface area contributed by atoms with Gasteiger partial charge in [-0.2, -0.15) is 5.10 Å². The number of carbonyl (C=O) groups excluding carboxylic acids is 1. The second kappa shape index (κ2) is 9.13. The molecule has 0 saturated heterocycles. The van der Waals surface area contributed by atoms with Crippen LogP contribution in [0.5, 0.6) is 0 Å². The molecule has 1 unspecified atom stereocenters. The van der Waals surface area contributed by atoms with Gasteiger partial charge in [-0.1, -0.05) is 17.7 Å². The first-order valence-electron chi connectivity index (χ1n) is 9.41. The number of hydrogen-bond donors (Lipinski definition) is 2. The van der Waals surface area contributed by atoms with Crippen molar-refractivity contribution in [2.75, 3.05) is 11.1 Å². The zero-order valence-corrected chi connectivity index (χ0v) is 17.8. The van der Waals surface area contributed by atoms with Crippen LogP contribution in [0.15, 0.2) is 36.8 Å². The predicted octanol–water partition coefficient (Wildman–Crippen LogP) is 4.05. The van der Waals surface area contributed by atoms with Crippen LogP contribution in [0.4, 0.5) is 15.9 Å². The van der Waals surface area contributed by atoms with Gasteiger partial charge in [-0.15, -0.1) is 0 Å². The Morgan fingerprint density at radius 3 is 2.70 bits per heavy atom. The second-order valence-electron chi connectivity index (χ2n) is 7.20. The zero-order valence-electron chi connectivity index (χ0n) is 17.1. The molecule has 2 heterocycles. The summed E-state index contributed by atoms with van der Waals surface area (Å²) >= 11 is 5.42. The van der Waals surface area contributed by atoms with Crippen molar-refractivity contribution in [2.45, 2.75) is 25.7 Å². The first kappa shape index (κ1) is 21.6. The SMILES string of the molecule is Cc1c(C2=CCC(c3cn(C)cn3)C2)nn(C)c1N.O=CNc1ccc(F)c(Cl)c1. The third kappa shape index (κ3) is 4.71. The van der Waals surface area contributed by atoms with Crippen molar-refractivity contribution in [3.05, 3.63) is 64.6 Å². The Morgan fingerprint density at radius 2 is 2.13 bits per heavy atom. The molecule has 158 valence electrons. The van der Waals surface area contributed by atoms with E-state index in [4.69, 9.17) is 17.3 Å². The Morgan fingerprint density at radius 1 is 1.37 bits per heavy atom. The van der Waals surface area contributed by atoms with Crippen LogP contribution in [0.1, 0.15) is 35.7 Å².